The lowest BCUT2D eigenvalue weighted by molar-refractivity contribution is -0.0168. The molecular formula is C12H15ClO3S. The summed E-state index contributed by atoms with van der Waals surface area (Å²) < 4.78 is 10.8. The van der Waals surface area contributed by atoms with Crippen LogP contribution in [0.2, 0.25) is 5.02 Å². The highest BCUT2D eigenvalue weighted by Gasteiger charge is 2.16. The number of aliphatic hydroxyl groups excluding tert-OH is 1. The van der Waals surface area contributed by atoms with Crippen LogP contribution in [0, 0.1) is 0 Å². The smallest absolute Gasteiger partial charge is 0.189 e. The molecule has 0 fully saturated rings. The van der Waals surface area contributed by atoms with Crippen molar-refractivity contribution in [3.8, 4) is 5.75 Å². The Morgan fingerprint density at radius 1 is 1.41 bits per heavy atom. The molecule has 0 aliphatic carbocycles. The first-order chi connectivity index (χ1) is 8.31. The van der Waals surface area contributed by atoms with Gasteiger partial charge >= 0.3 is 0 Å². The monoisotopic (exact) mass is 274 g/mol. The molecule has 1 aromatic rings. The Labute approximate surface area is 110 Å². The van der Waals surface area contributed by atoms with Gasteiger partial charge in [-0.05, 0) is 24.3 Å². The molecule has 1 N–H and O–H groups in total. The summed E-state index contributed by atoms with van der Waals surface area (Å²) in [5.74, 6) is 2.70. The second kappa shape index (κ2) is 6.50. The first-order valence-electron chi connectivity index (χ1n) is 5.51. The molecule has 5 heteroatoms. The Morgan fingerprint density at radius 2 is 2.29 bits per heavy atom. The normalized spacial score (nSPS) is 14.2. The average molecular weight is 275 g/mol. The van der Waals surface area contributed by atoms with Gasteiger partial charge in [0.25, 0.3) is 0 Å². The summed E-state index contributed by atoms with van der Waals surface area (Å²) in [7, 11) is 0. The number of hydrogen-bond acceptors (Lipinski definition) is 4. The molecule has 3 nitrogen and oxygen atoms in total. The predicted molar refractivity (Wildman–Crippen MR) is 69.6 cm³/mol. The Kier molecular flexibility index (Phi) is 4.98. The number of thioether (sulfide) groups is 1. The number of halogens is 1. The molecule has 1 aliphatic heterocycles. The molecular weight excluding hydrogens is 260 g/mol. The van der Waals surface area contributed by atoms with Gasteiger partial charge in [0, 0.05) is 28.5 Å². The largest absolute Gasteiger partial charge is 0.467 e. The number of ether oxygens (including phenoxy) is 2. The third-order valence-corrected chi connectivity index (χ3v) is 3.77. The number of fused-ring (bicyclic) bond motifs is 1. The van der Waals surface area contributed by atoms with Crippen LogP contribution in [0.1, 0.15) is 17.5 Å². The van der Waals surface area contributed by atoms with Crippen LogP contribution in [0.5, 0.6) is 5.75 Å². The molecule has 0 atom stereocenters. The van der Waals surface area contributed by atoms with Crippen molar-refractivity contribution in [2.75, 3.05) is 19.2 Å². The topological polar surface area (TPSA) is 38.7 Å². The van der Waals surface area contributed by atoms with Crippen molar-refractivity contribution >= 4 is 23.4 Å². The van der Waals surface area contributed by atoms with Crippen LogP contribution in [-0.4, -0.2) is 24.3 Å². The fourth-order valence-electron chi connectivity index (χ4n) is 1.71. The van der Waals surface area contributed by atoms with E-state index in [0.717, 1.165) is 39.8 Å². The fourth-order valence-corrected chi connectivity index (χ4v) is 2.89. The highest BCUT2D eigenvalue weighted by molar-refractivity contribution is 7.98. The zero-order valence-electron chi connectivity index (χ0n) is 9.45. The van der Waals surface area contributed by atoms with E-state index in [4.69, 9.17) is 26.2 Å². The maximum absolute atomic E-state index is 8.72. The zero-order valence-corrected chi connectivity index (χ0v) is 11.0. The third kappa shape index (κ3) is 3.52. The van der Waals surface area contributed by atoms with Gasteiger partial charge in [-0.2, -0.15) is 11.8 Å². The molecule has 1 heterocycles. The average Bonchev–Trinajstić information content (AvgIpc) is 2.34. The van der Waals surface area contributed by atoms with Crippen LogP contribution in [0.4, 0.5) is 0 Å². The number of benzene rings is 1. The van der Waals surface area contributed by atoms with Gasteiger partial charge in [-0.1, -0.05) is 11.6 Å². The summed E-state index contributed by atoms with van der Waals surface area (Å²) in [6.45, 7) is 1.11. The number of hydrogen-bond donors (Lipinski definition) is 1. The van der Waals surface area contributed by atoms with Gasteiger partial charge in [0.15, 0.2) is 6.79 Å². The molecule has 2 rings (SSSR count). The quantitative estimate of drug-likeness (QED) is 0.838. The van der Waals surface area contributed by atoms with Crippen LogP contribution in [0.15, 0.2) is 12.1 Å². The molecule has 0 spiro atoms. The maximum Gasteiger partial charge on any atom is 0.189 e. The molecule has 17 heavy (non-hydrogen) atoms. The standard InChI is InChI=1S/C12H15ClO3S/c13-11-4-9-6-15-8-16-12(9)10(5-11)7-17-3-1-2-14/h4-5,14H,1-3,6-8H2. The van der Waals surface area contributed by atoms with Gasteiger partial charge in [-0.15, -0.1) is 0 Å². The van der Waals surface area contributed by atoms with Gasteiger partial charge in [0.05, 0.1) is 6.61 Å². The second-order valence-electron chi connectivity index (χ2n) is 3.79. The summed E-state index contributed by atoms with van der Waals surface area (Å²) in [5, 5.41) is 9.44. The van der Waals surface area contributed by atoms with E-state index in [1.54, 1.807) is 11.8 Å². The van der Waals surface area contributed by atoms with Crippen molar-refractivity contribution in [3.05, 3.63) is 28.3 Å². The van der Waals surface area contributed by atoms with Crippen molar-refractivity contribution in [3.63, 3.8) is 0 Å². The molecule has 0 saturated heterocycles. The minimum absolute atomic E-state index is 0.241. The van der Waals surface area contributed by atoms with E-state index in [2.05, 4.69) is 0 Å². The number of aliphatic hydroxyl groups is 1. The maximum atomic E-state index is 8.72. The summed E-state index contributed by atoms with van der Waals surface area (Å²) in [6, 6.07) is 3.83. The van der Waals surface area contributed by atoms with E-state index in [-0.39, 0.29) is 6.61 Å². The molecule has 0 radical (unpaired) electrons. The van der Waals surface area contributed by atoms with E-state index in [0.29, 0.717) is 13.4 Å². The molecule has 0 saturated carbocycles. The van der Waals surface area contributed by atoms with E-state index >= 15 is 0 Å². The van der Waals surface area contributed by atoms with Crippen molar-refractivity contribution in [2.24, 2.45) is 0 Å². The lowest BCUT2D eigenvalue weighted by atomic mass is 10.1. The Hall–Kier alpha value is -0.420. The molecule has 0 aromatic heterocycles. The van der Waals surface area contributed by atoms with Crippen molar-refractivity contribution < 1.29 is 14.6 Å². The Morgan fingerprint density at radius 3 is 3.12 bits per heavy atom. The Balaban J connectivity index is 2.07. The van der Waals surface area contributed by atoms with Crippen molar-refractivity contribution in [1.29, 1.82) is 0 Å². The lowest BCUT2D eigenvalue weighted by Gasteiger charge is -2.21. The van der Waals surface area contributed by atoms with Crippen LogP contribution >= 0.6 is 23.4 Å². The fraction of sp³-hybridized carbons (Fsp3) is 0.500. The highest BCUT2D eigenvalue weighted by Crippen LogP contribution is 2.33. The molecule has 94 valence electrons. The summed E-state index contributed by atoms with van der Waals surface area (Å²) in [5.41, 5.74) is 2.13. The van der Waals surface area contributed by atoms with Gasteiger partial charge in [-0.3, -0.25) is 0 Å². The van der Waals surface area contributed by atoms with E-state index in [9.17, 15) is 0 Å². The molecule has 1 aromatic carbocycles. The minimum Gasteiger partial charge on any atom is -0.467 e. The highest BCUT2D eigenvalue weighted by atomic mass is 35.5. The van der Waals surface area contributed by atoms with Crippen LogP contribution < -0.4 is 4.74 Å². The van der Waals surface area contributed by atoms with Crippen LogP contribution in [0.3, 0.4) is 0 Å². The van der Waals surface area contributed by atoms with Gasteiger partial charge in [0.2, 0.25) is 0 Å². The Bertz CT molecular complexity index is 384. The minimum atomic E-state index is 0.241. The summed E-state index contributed by atoms with van der Waals surface area (Å²) >= 11 is 7.83. The van der Waals surface area contributed by atoms with Gasteiger partial charge in [0.1, 0.15) is 5.75 Å². The van der Waals surface area contributed by atoms with Crippen LogP contribution in [-0.2, 0) is 17.1 Å². The van der Waals surface area contributed by atoms with Gasteiger partial charge in [-0.25, -0.2) is 0 Å². The molecule has 1 aliphatic rings. The van der Waals surface area contributed by atoms with Crippen molar-refractivity contribution in [2.45, 2.75) is 18.8 Å². The SMILES string of the molecule is OCCCSCc1cc(Cl)cc2c1OCOC2. The first kappa shape index (κ1) is 13.0. The van der Waals surface area contributed by atoms with E-state index in [1.807, 2.05) is 12.1 Å². The zero-order chi connectivity index (χ0) is 12.1. The predicted octanol–water partition coefficient (Wildman–Crippen LogP) is 2.82. The molecule has 0 bridgehead atoms. The second-order valence-corrected chi connectivity index (χ2v) is 5.34. The lowest BCUT2D eigenvalue weighted by Crippen LogP contribution is -2.13. The van der Waals surface area contributed by atoms with E-state index < -0.39 is 0 Å². The summed E-state index contributed by atoms with van der Waals surface area (Å²) in [6.07, 6.45) is 0.817. The van der Waals surface area contributed by atoms with Crippen LogP contribution in [0.25, 0.3) is 0 Å². The number of rotatable bonds is 5. The van der Waals surface area contributed by atoms with Gasteiger partial charge < -0.3 is 14.6 Å². The first-order valence-corrected chi connectivity index (χ1v) is 7.05. The summed E-state index contributed by atoms with van der Waals surface area (Å²) in [4.78, 5) is 0. The molecule has 0 amide bonds. The molecule has 0 unspecified atom stereocenters. The van der Waals surface area contributed by atoms with E-state index in [1.165, 1.54) is 0 Å². The third-order valence-electron chi connectivity index (χ3n) is 2.46. The van der Waals surface area contributed by atoms with Crippen molar-refractivity contribution in [1.82, 2.24) is 0 Å².